The van der Waals surface area contributed by atoms with Gasteiger partial charge in [-0.15, -0.1) is 0 Å². The Morgan fingerprint density at radius 3 is 2.67 bits per heavy atom. The van der Waals surface area contributed by atoms with Crippen molar-refractivity contribution in [2.75, 3.05) is 32.1 Å². The first-order valence-corrected chi connectivity index (χ1v) is 7.09. The van der Waals surface area contributed by atoms with Crippen molar-refractivity contribution in [2.24, 2.45) is 0 Å². The average Bonchev–Trinajstić information content (AvgIpc) is 2.50. The third-order valence-electron chi connectivity index (χ3n) is 3.30. The Morgan fingerprint density at radius 1 is 1.29 bits per heavy atom. The summed E-state index contributed by atoms with van der Waals surface area (Å²) < 4.78 is 5.49. The maximum Gasteiger partial charge on any atom is 0.227 e. The number of morpholine rings is 1. The van der Waals surface area contributed by atoms with Crippen molar-refractivity contribution in [2.45, 2.75) is 18.9 Å². The summed E-state index contributed by atoms with van der Waals surface area (Å²) in [5, 5.41) is 8.61. The van der Waals surface area contributed by atoms with Gasteiger partial charge >= 0.3 is 0 Å². The number of carbonyl (C=O) groups is 2. The number of hydrogen-bond donors (Lipinski definition) is 3. The molecule has 0 aliphatic carbocycles. The fourth-order valence-corrected chi connectivity index (χ4v) is 2.15. The Labute approximate surface area is 124 Å². The molecule has 1 aliphatic heterocycles. The predicted octanol–water partition coefficient (Wildman–Crippen LogP) is 0.292. The van der Waals surface area contributed by atoms with E-state index in [9.17, 15) is 9.59 Å². The lowest BCUT2D eigenvalue weighted by Crippen LogP contribution is -2.40. The van der Waals surface area contributed by atoms with Crippen LogP contribution in [0.2, 0.25) is 0 Å². The standard InChI is InChI=1S/C15H21N3O3/c1-16-14(19)8-11-2-4-12(5-3-11)18-15(20)9-13-10-17-6-7-21-13/h2-5,13,17H,6-10H2,1H3,(H,16,19)(H,18,20). The van der Waals surface area contributed by atoms with Crippen molar-refractivity contribution in [1.82, 2.24) is 10.6 Å². The van der Waals surface area contributed by atoms with Crippen LogP contribution in [0.5, 0.6) is 0 Å². The molecule has 0 bridgehead atoms. The minimum absolute atomic E-state index is 0.0336. The van der Waals surface area contributed by atoms with Crippen molar-refractivity contribution in [3.63, 3.8) is 0 Å². The molecule has 1 atom stereocenters. The van der Waals surface area contributed by atoms with E-state index in [1.807, 2.05) is 12.1 Å². The summed E-state index contributed by atoms with van der Waals surface area (Å²) in [6, 6.07) is 7.28. The molecule has 21 heavy (non-hydrogen) atoms. The zero-order valence-corrected chi connectivity index (χ0v) is 12.1. The van der Waals surface area contributed by atoms with Crippen molar-refractivity contribution in [1.29, 1.82) is 0 Å². The summed E-state index contributed by atoms with van der Waals surface area (Å²) in [6.45, 7) is 2.19. The third kappa shape index (κ3) is 5.17. The quantitative estimate of drug-likeness (QED) is 0.728. The molecule has 1 aromatic carbocycles. The topological polar surface area (TPSA) is 79.5 Å². The second kappa shape index (κ2) is 7.75. The molecule has 1 heterocycles. The SMILES string of the molecule is CNC(=O)Cc1ccc(NC(=O)CC2CNCCO2)cc1. The van der Waals surface area contributed by atoms with Gasteiger partial charge in [-0.05, 0) is 17.7 Å². The van der Waals surface area contributed by atoms with Crippen LogP contribution < -0.4 is 16.0 Å². The summed E-state index contributed by atoms with van der Waals surface area (Å²) in [5.74, 6) is -0.100. The van der Waals surface area contributed by atoms with Gasteiger partial charge in [0, 0.05) is 25.8 Å². The first kappa shape index (κ1) is 15.5. The van der Waals surface area contributed by atoms with Gasteiger partial charge in [0.25, 0.3) is 0 Å². The third-order valence-corrected chi connectivity index (χ3v) is 3.30. The molecule has 6 nitrogen and oxygen atoms in total. The van der Waals surface area contributed by atoms with Crippen LogP contribution >= 0.6 is 0 Å². The molecular weight excluding hydrogens is 270 g/mol. The van der Waals surface area contributed by atoms with Gasteiger partial charge in [0.2, 0.25) is 11.8 Å². The first-order chi connectivity index (χ1) is 10.2. The lowest BCUT2D eigenvalue weighted by atomic mass is 10.1. The number of rotatable bonds is 5. The highest BCUT2D eigenvalue weighted by atomic mass is 16.5. The molecule has 1 aromatic rings. The lowest BCUT2D eigenvalue weighted by molar-refractivity contribution is -0.120. The Morgan fingerprint density at radius 2 is 2.05 bits per heavy atom. The zero-order valence-electron chi connectivity index (χ0n) is 12.1. The number of benzene rings is 1. The fraction of sp³-hybridized carbons (Fsp3) is 0.467. The molecule has 0 saturated carbocycles. The van der Waals surface area contributed by atoms with Crippen molar-refractivity contribution in [3.8, 4) is 0 Å². The maximum absolute atomic E-state index is 11.9. The van der Waals surface area contributed by atoms with Crippen LogP contribution in [0.4, 0.5) is 5.69 Å². The van der Waals surface area contributed by atoms with E-state index in [0.717, 1.165) is 17.8 Å². The second-order valence-corrected chi connectivity index (χ2v) is 5.00. The summed E-state index contributed by atoms with van der Waals surface area (Å²) >= 11 is 0. The highest BCUT2D eigenvalue weighted by Gasteiger charge is 2.17. The summed E-state index contributed by atoms with van der Waals surface area (Å²) in [6.07, 6.45) is 0.616. The van der Waals surface area contributed by atoms with E-state index < -0.39 is 0 Å². The molecule has 3 N–H and O–H groups in total. The highest BCUT2D eigenvalue weighted by Crippen LogP contribution is 2.11. The van der Waals surface area contributed by atoms with Crippen molar-refractivity contribution >= 4 is 17.5 Å². The largest absolute Gasteiger partial charge is 0.375 e. The van der Waals surface area contributed by atoms with E-state index >= 15 is 0 Å². The number of carbonyl (C=O) groups excluding carboxylic acids is 2. The van der Waals surface area contributed by atoms with Crippen LogP contribution in [0.25, 0.3) is 0 Å². The smallest absolute Gasteiger partial charge is 0.227 e. The van der Waals surface area contributed by atoms with Gasteiger partial charge in [0.15, 0.2) is 0 Å². The number of ether oxygens (including phenoxy) is 1. The molecule has 6 heteroatoms. The lowest BCUT2D eigenvalue weighted by Gasteiger charge is -2.23. The Kier molecular flexibility index (Phi) is 5.71. The van der Waals surface area contributed by atoms with Crippen molar-refractivity contribution < 1.29 is 14.3 Å². The summed E-state index contributed by atoms with van der Waals surface area (Å²) in [7, 11) is 1.61. The van der Waals surface area contributed by atoms with Gasteiger partial charge in [-0.2, -0.15) is 0 Å². The van der Waals surface area contributed by atoms with Crippen molar-refractivity contribution in [3.05, 3.63) is 29.8 Å². The molecular formula is C15H21N3O3. The maximum atomic E-state index is 11.9. The van der Waals surface area contributed by atoms with E-state index in [0.29, 0.717) is 26.0 Å². The van der Waals surface area contributed by atoms with E-state index in [-0.39, 0.29) is 17.9 Å². The normalized spacial score (nSPS) is 18.0. The molecule has 2 rings (SSSR count). The number of anilines is 1. The van der Waals surface area contributed by atoms with Gasteiger partial charge in [-0.25, -0.2) is 0 Å². The number of hydrogen-bond acceptors (Lipinski definition) is 4. The molecule has 0 radical (unpaired) electrons. The predicted molar refractivity (Wildman–Crippen MR) is 80.1 cm³/mol. The van der Waals surface area contributed by atoms with E-state index in [1.165, 1.54) is 0 Å². The molecule has 0 aromatic heterocycles. The molecule has 1 unspecified atom stereocenters. The molecule has 1 saturated heterocycles. The zero-order chi connectivity index (χ0) is 15.1. The number of amides is 2. The number of likely N-dealkylation sites (N-methyl/N-ethyl adjacent to an activating group) is 1. The van der Waals surface area contributed by atoms with E-state index in [4.69, 9.17) is 4.74 Å². The van der Waals surface area contributed by atoms with Crippen LogP contribution in [0, 0.1) is 0 Å². The summed E-state index contributed by atoms with van der Waals surface area (Å²) in [4.78, 5) is 23.2. The van der Waals surface area contributed by atoms with Gasteiger partial charge in [-0.1, -0.05) is 12.1 Å². The van der Waals surface area contributed by atoms with Crippen LogP contribution in [0.15, 0.2) is 24.3 Å². The van der Waals surface area contributed by atoms with Gasteiger partial charge in [0.05, 0.1) is 25.6 Å². The van der Waals surface area contributed by atoms with Crippen LogP contribution in [-0.4, -0.2) is 44.7 Å². The fourth-order valence-electron chi connectivity index (χ4n) is 2.15. The van der Waals surface area contributed by atoms with Crippen LogP contribution in [0.3, 0.4) is 0 Å². The van der Waals surface area contributed by atoms with E-state index in [2.05, 4.69) is 16.0 Å². The van der Waals surface area contributed by atoms with Gasteiger partial charge in [-0.3, -0.25) is 9.59 Å². The molecule has 2 amide bonds. The second-order valence-electron chi connectivity index (χ2n) is 5.00. The van der Waals surface area contributed by atoms with Gasteiger partial charge in [0.1, 0.15) is 0 Å². The summed E-state index contributed by atoms with van der Waals surface area (Å²) in [5.41, 5.74) is 1.64. The minimum atomic E-state index is -0.0669. The Balaban J connectivity index is 1.81. The highest BCUT2D eigenvalue weighted by molar-refractivity contribution is 5.91. The molecule has 0 spiro atoms. The Bertz CT molecular complexity index is 481. The first-order valence-electron chi connectivity index (χ1n) is 7.09. The van der Waals surface area contributed by atoms with E-state index in [1.54, 1.807) is 19.2 Å². The Hall–Kier alpha value is -1.92. The minimum Gasteiger partial charge on any atom is -0.375 e. The van der Waals surface area contributed by atoms with Gasteiger partial charge < -0.3 is 20.7 Å². The molecule has 114 valence electrons. The molecule has 1 fully saturated rings. The molecule has 1 aliphatic rings. The van der Waals surface area contributed by atoms with Crippen LogP contribution in [0.1, 0.15) is 12.0 Å². The average molecular weight is 291 g/mol. The number of nitrogens with one attached hydrogen (secondary N) is 3. The van der Waals surface area contributed by atoms with Crippen LogP contribution in [-0.2, 0) is 20.7 Å². The monoisotopic (exact) mass is 291 g/mol.